The molecule has 2 aromatic rings. The second-order valence-corrected chi connectivity index (χ2v) is 7.34. The highest BCUT2D eigenvalue weighted by molar-refractivity contribution is 7.12. The fraction of sp³-hybridized carbons (Fsp3) is 0.389. The van der Waals surface area contributed by atoms with Gasteiger partial charge in [-0.05, 0) is 31.7 Å². The van der Waals surface area contributed by atoms with Crippen LogP contribution in [-0.2, 0) is 11.2 Å². The fourth-order valence-corrected chi connectivity index (χ4v) is 3.89. The van der Waals surface area contributed by atoms with E-state index in [9.17, 15) is 4.79 Å². The number of benzene rings is 1. The number of thiophene rings is 1. The molecule has 116 valence electrons. The summed E-state index contributed by atoms with van der Waals surface area (Å²) in [5, 5.41) is 0. The molecule has 2 heterocycles. The highest BCUT2D eigenvalue weighted by Crippen LogP contribution is 2.26. The number of nitrogens with zero attached hydrogens (tertiary/aromatic N) is 2. The molecule has 0 radical (unpaired) electrons. The highest BCUT2D eigenvalue weighted by Gasteiger charge is 2.30. The zero-order valence-corrected chi connectivity index (χ0v) is 14.0. The second-order valence-electron chi connectivity index (χ2n) is 5.96. The number of rotatable bonds is 3. The summed E-state index contributed by atoms with van der Waals surface area (Å²) in [7, 11) is 2.13. The van der Waals surface area contributed by atoms with E-state index in [-0.39, 0.29) is 11.9 Å². The SMILES string of the molecule is Cc1ccc(CC(=O)N2CCN(C)C[C@@H]2c2ccccc2)s1. The summed E-state index contributed by atoms with van der Waals surface area (Å²) >= 11 is 1.72. The predicted octanol–water partition coefficient (Wildman–Crippen LogP) is 3.11. The van der Waals surface area contributed by atoms with Crippen molar-refractivity contribution in [3.63, 3.8) is 0 Å². The van der Waals surface area contributed by atoms with Crippen LogP contribution in [0.25, 0.3) is 0 Å². The van der Waals surface area contributed by atoms with E-state index in [2.05, 4.69) is 60.2 Å². The summed E-state index contributed by atoms with van der Waals surface area (Å²) in [6.07, 6.45) is 0.519. The average Bonchev–Trinajstić information content (AvgIpc) is 2.93. The van der Waals surface area contributed by atoms with Gasteiger partial charge in [0.25, 0.3) is 0 Å². The maximum Gasteiger partial charge on any atom is 0.228 e. The van der Waals surface area contributed by atoms with Crippen LogP contribution in [0, 0.1) is 6.92 Å². The zero-order chi connectivity index (χ0) is 15.5. The van der Waals surface area contributed by atoms with Crippen molar-refractivity contribution < 1.29 is 4.79 Å². The molecular formula is C18H22N2OS. The molecular weight excluding hydrogens is 292 g/mol. The van der Waals surface area contributed by atoms with Crippen LogP contribution < -0.4 is 0 Å². The van der Waals surface area contributed by atoms with Gasteiger partial charge in [-0.3, -0.25) is 4.79 Å². The summed E-state index contributed by atoms with van der Waals surface area (Å²) in [5.74, 6) is 0.240. The molecule has 0 unspecified atom stereocenters. The number of hydrogen-bond acceptors (Lipinski definition) is 3. The topological polar surface area (TPSA) is 23.6 Å². The van der Waals surface area contributed by atoms with Crippen LogP contribution in [0.15, 0.2) is 42.5 Å². The van der Waals surface area contributed by atoms with E-state index in [4.69, 9.17) is 0 Å². The molecule has 0 bridgehead atoms. The standard InChI is InChI=1S/C18H22N2OS/c1-14-8-9-16(22-14)12-18(21)20-11-10-19(2)13-17(20)15-6-4-3-5-7-15/h3-9,17H,10-13H2,1-2H3/t17-/m1/s1. The number of carbonyl (C=O) groups excluding carboxylic acids is 1. The van der Waals surface area contributed by atoms with Crippen molar-refractivity contribution in [2.45, 2.75) is 19.4 Å². The molecule has 1 aromatic carbocycles. The summed E-state index contributed by atoms with van der Waals surface area (Å²) in [4.78, 5) is 19.6. The molecule has 0 N–H and O–H groups in total. The molecule has 1 aliphatic heterocycles. The van der Waals surface area contributed by atoms with Gasteiger partial charge in [-0.15, -0.1) is 11.3 Å². The number of hydrogen-bond donors (Lipinski definition) is 0. The Morgan fingerprint density at radius 3 is 2.64 bits per heavy atom. The van der Waals surface area contributed by atoms with Crippen molar-refractivity contribution in [1.82, 2.24) is 9.80 Å². The van der Waals surface area contributed by atoms with Crippen molar-refractivity contribution in [3.05, 3.63) is 57.8 Å². The first-order valence-electron chi connectivity index (χ1n) is 7.72. The van der Waals surface area contributed by atoms with Gasteiger partial charge >= 0.3 is 0 Å². The van der Waals surface area contributed by atoms with Gasteiger partial charge in [-0.1, -0.05) is 30.3 Å². The third kappa shape index (κ3) is 3.39. The van der Waals surface area contributed by atoms with Crippen molar-refractivity contribution >= 4 is 17.2 Å². The van der Waals surface area contributed by atoms with Crippen molar-refractivity contribution in [2.24, 2.45) is 0 Å². The number of carbonyl (C=O) groups is 1. The lowest BCUT2D eigenvalue weighted by atomic mass is 10.0. The molecule has 0 aliphatic carbocycles. The zero-order valence-electron chi connectivity index (χ0n) is 13.2. The Labute approximate surface area is 136 Å². The van der Waals surface area contributed by atoms with Gasteiger partial charge in [0.2, 0.25) is 5.91 Å². The Morgan fingerprint density at radius 1 is 1.18 bits per heavy atom. The smallest absolute Gasteiger partial charge is 0.228 e. The van der Waals surface area contributed by atoms with Gasteiger partial charge in [-0.25, -0.2) is 0 Å². The van der Waals surface area contributed by atoms with E-state index in [0.29, 0.717) is 6.42 Å². The third-order valence-electron chi connectivity index (χ3n) is 4.21. The predicted molar refractivity (Wildman–Crippen MR) is 91.2 cm³/mol. The van der Waals surface area contributed by atoms with Gasteiger partial charge in [0.05, 0.1) is 12.5 Å². The van der Waals surface area contributed by atoms with Crippen LogP contribution in [-0.4, -0.2) is 42.4 Å². The molecule has 0 spiro atoms. The van der Waals surface area contributed by atoms with Gasteiger partial charge < -0.3 is 9.80 Å². The second kappa shape index (κ2) is 6.63. The van der Waals surface area contributed by atoms with E-state index < -0.39 is 0 Å². The van der Waals surface area contributed by atoms with Gasteiger partial charge in [0, 0.05) is 29.4 Å². The maximum atomic E-state index is 12.8. The maximum absolute atomic E-state index is 12.8. The van der Waals surface area contributed by atoms with Crippen LogP contribution >= 0.6 is 11.3 Å². The molecule has 1 fully saturated rings. The van der Waals surface area contributed by atoms with Crippen molar-refractivity contribution in [2.75, 3.05) is 26.7 Å². The molecule has 0 saturated carbocycles. The normalized spacial score (nSPS) is 19.4. The third-order valence-corrected chi connectivity index (χ3v) is 5.21. The van der Waals surface area contributed by atoms with Crippen LogP contribution in [0.3, 0.4) is 0 Å². The molecule has 1 saturated heterocycles. The Morgan fingerprint density at radius 2 is 1.95 bits per heavy atom. The number of amides is 1. The summed E-state index contributed by atoms with van der Waals surface area (Å²) < 4.78 is 0. The summed E-state index contributed by atoms with van der Waals surface area (Å²) in [6.45, 7) is 4.73. The first kappa shape index (κ1) is 15.3. The Bertz CT molecular complexity index is 638. The number of aryl methyl sites for hydroxylation is 1. The van der Waals surface area contributed by atoms with E-state index in [0.717, 1.165) is 24.5 Å². The summed E-state index contributed by atoms with van der Waals surface area (Å²) in [6, 6.07) is 14.7. The van der Waals surface area contributed by atoms with Crippen LogP contribution in [0.2, 0.25) is 0 Å². The molecule has 1 atom stereocenters. The number of piperazine rings is 1. The largest absolute Gasteiger partial charge is 0.333 e. The molecule has 3 nitrogen and oxygen atoms in total. The minimum Gasteiger partial charge on any atom is -0.333 e. The van der Waals surface area contributed by atoms with E-state index in [1.807, 2.05) is 6.07 Å². The van der Waals surface area contributed by atoms with E-state index >= 15 is 0 Å². The van der Waals surface area contributed by atoms with E-state index in [1.165, 1.54) is 10.4 Å². The van der Waals surface area contributed by atoms with Gasteiger partial charge in [-0.2, -0.15) is 0 Å². The molecule has 1 aromatic heterocycles. The molecule has 4 heteroatoms. The lowest BCUT2D eigenvalue weighted by molar-refractivity contribution is -0.135. The lowest BCUT2D eigenvalue weighted by Crippen LogP contribution is -2.49. The van der Waals surface area contributed by atoms with Crippen LogP contribution in [0.1, 0.15) is 21.4 Å². The van der Waals surface area contributed by atoms with Gasteiger partial charge in [0.1, 0.15) is 0 Å². The fourth-order valence-electron chi connectivity index (χ4n) is 3.01. The van der Waals surface area contributed by atoms with Crippen molar-refractivity contribution in [3.8, 4) is 0 Å². The van der Waals surface area contributed by atoms with Crippen molar-refractivity contribution in [1.29, 1.82) is 0 Å². The van der Waals surface area contributed by atoms with E-state index in [1.54, 1.807) is 11.3 Å². The van der Waals surface area contributed by atoms with Gasteiger partial charge in [0.15, 0.2) is 0 Å². The monoisotopic (exact) mass is 314 g/mol. The average molecular weight is 314 g/mol. The van der Waals surface area contributed by atoms with Crippen LogP contribution in [0.5, 0.6) is 0 Å². The first-order chi connectivity index (χ1) is 10.6. The molecule has 1 aliphatic rings. The first-order valence-corrected chi connectivity index (χ1v) is 8.53. The molecule has 3 rings (SSSR count). The quantitative estimate of drug-likeness (QED) is 0.869. The van der Waals surface area contributed by atoms with Crippen LogP contribution in [0.4, 0.5) is 0 Å². The number of likely N-dealkylation sites (N-methyl/N-ethyl adjacent to an activating group) is 1. The lowest BCUT2D eigenvalue weighted by Gasteiger charge is -2.40. The molecule has 22 heavy (non-hydrogen) atoms. The minimum atomic E-state index is 0.161. The minimum absolute atomic E-state index is 0.161. The Balaban J connectivity index is 1.78. The molecule has 1 amide bonds. The Kier molecular flexibility index (Phi) is 4.60. The highest BCUT2D eigenvalue weighted by atomic mass is 32.1. The Hall–Kier alpha value is -1.65. The summed E-state index contributed by atoms with van der Waals surface area (Å²) in [5.41, 5.74) is 1.23.